The van der Waals surface area contributed by atoms with Crippen molar-refractivity contribution >= 4 is 11.9 Å². The van der Waals surface area contributed by atoms with Gasteiger partial charge >= 0.3 is 0 Å². The molecule has 0 atom stereocenters. The second-order valence-electron chi connectivity index (χ2n) is 5.88. The molecule has 1 fully saturated rings. The normalized spacial score (nSPS) is 15.5. The molecule has 2 aromatic carbocycles. The third-order valence-electron chi connectivity index (χ3n) is 4.20. The van der Waals surface area contributed by atoms with Crippen LogP contribution in [0.5, 0.6) is 0 Å². The van der Waals surface area contributed by atoms with Gasteiger partial charge in [-0.1, -0.05) is 42.0 Å². The highest BCUT2D eigenvalue weighted by Gasteiger charge is 2.15. The number of anilines is 1. The van der Waals surface area contributed by atoms with Gasteiger partial charge in [0.2, 0.25) is 0 Å². The van der Waals surface area contributed by atoms with Crippen LogP contribution in [0.1, 0.15) is 16.7 Å². The maximum absolute atomic E-state index is 4.64. The topological polar surface area (TPSA) is 18.8 Å². The molecule has 0 N–H and O–H groups in total. The molecule has 0 unspecified atom stereocenters. The summed E-state index contributed by atoms with van der Waals surface area (Å²) in [5.74, 6) is 0. The minimum atomic E-state index is 0.969. The summed E-state index contributed by atoms with van der Waals surface area (Å²) in [6.07, 6.45) is 1.98. The Bertz CT molecular complexity index is 638. The minimum absolute atomic E-state index is 0.969. The van der Waals surface area contributed by atoms with E-state index in [1.807, 2.05) is 6.21 Å². The van der Waals surface area contributed by atoms with Crippen LogP contribution in [-0.2, 0) is 0 Å². The van der Waals surface area contributed by atoms with E-state index in [2.05, 4.69) is 77.4 Å². The number of nitrogens with zero attached hydrogens (tertiary/aromatic N) is 3. The van der Waals surface area contributed by atoms with Crippen molar-refractivity contribution in [3.8, 4) is 0 Å². The predicted molar refractivity (Wildman–Crippen MR) is 93.7 cm³/mol. The smallest absolute Gasteiger partial charge is 0.0545 e. The fraction of sp³-hybridized carbons (Fsp3) is 0.316. The molecule has 0 amide bonds. The maximum Gasteiger partial charge on any atom is 0.0545 e. The van der Waals surface area contributed by atoms with Crippen molar-refractivity contribution in [2.24, 2.45) is 5.10 Å². The Labute approximate surface area is 132 Å². The Balaban J connectivity index is 1.58. The number of hydrogen-bond acceptors (Lipinski definition) is 3. The molecular formula is C19H23N3. The zero-order valence-electron chi connectivity index (χ0n) is 13.4. The number of aryl methyl sites for hydroxylation is 2. The van der Waals surface area contributed by atoms with E-state index >= 15 is 0 Å². The van der Waals surface area contributed by atoms with E-state index in [9.17, 15) is 0 Å². The van der Waals surface area contributed by atoms with Gasteiger partial charge in [-0.2, -0.15) is 5.10 Å². The van der Waals surface area contributed by atoms with Crippen molar-refractivity contribution in [3.05, 3.63) is 65.2 Å². The molecule has 114 valence electrons. The zero-order chi connectivity index (χ0) is 15.4. The molecule has 1 aliphatic rings. The summed E-state index contributed by atoms with van der Waals surface area (Å²) in [6.45, 7) is 8.23. The van der Waals surface area contributed by atoms with Gasteiger partial charge in [-0.25, -0.2) is 0 Å². The lowest BCUT2D eigenvalue weighted by atomic mass is 10.1. The van der Waals surface area contributed by atoms with Crippen LogP contribution in [0.3, 0.4) is 0 Å². The highest BCUT2D eigenvalue weighted by Crippen LogP contribution is 2.17. The Morgan fingerprint density at radius 2 is 1.55 bits per heavy atom. The average Bonchev–Trinajstić information content (AvgIpc) is 2.55. The zero-order valence-corrected chi connectivity index (χ0v) is 13.4. The summed E-state index contributed by atoms with van der Waals surface area (Å²) in [4.78, 5) is 2.43. The molecule has 1 saturated heterocycles. The maximum atomic E-state index is 4.64. The van der Waals surface area contributed by atoms with E-state index in [1.165, 1.54) is 22.4 Å². The largest absolute Gasteiger partial charge is 0.368 e. The van der Waals surface area contributed by atoms with Gasteiger partial charge in [0.15, 0.2) is 0 Å². The predicted octanol–water partition coefficient (Wildman–Crippen LogP) is 3.46. The first kappa shape index (κ1) is 14.6. The van der Waals surface area contributed by atoms with Gasteiger partial charge in [-0.3, -0.25) is 5.01 Å². The summed E-state index contributed by atoms with van der Waals surface area (Å²) in [5.41, 5.74) is 5.09. The van der Waals surface area contributed by atoms with Crippen molar-refractivity contribution < 1.29 is 0 Å². The minimum Gasteiger partial charge on any atom is -0.368 e. The lowest BCUT2D eigenvalue weighted by Crippen LogP contribution is -2.44. The molecule has 2 aromatic rings. The summed E-state index contributed by atoms with van der Waals surface area (Å²) >= 11 is 0. The summed E-state index contributed by atoms with van der Waals surface area (Å²) in [6, 6.07) is 17.1. The Morgan fingerprint density at radius 1 is 0.864 bits per heavy atom. The number of hydrogen-bond donors (Lipinski definition) is 0. The Morgan fingerprint density at radius 3 is 2.23 bits per heavy atom. The third-order valence-corrected chi connectivity index (χ3v) is 4.20. The second kappa shape index (κ2) is 6.65. The molecular weight excluding hydrogens is 270 g/mol. The SMILES string of the molecule is Cc1ccc(N2CCN(N=Cc3ccccc3C)CC2)cc1. The molecule has 0 aromatic heterocycles. The van der Waals surface area contributed by atoms with Crippen LogP contribution in [0.25, 0.3) is 0 Å². The van der Waals surface area contributed by atoms with Crippen molar-refractivity contribution in [1.29, 1.82) is 0 Å². The van der Waals surface area contributed by atoms with Gasteiger partial charge in [0.25, 0.3) is 0 Å². The van der Waals surface area contributed by atoms with Gasteiger partial charge in [-0.05, 0) is 37.1 Å². The first-order valence-corrected chi connectivity index (χ1v) is 7.88. The highest BCUT2D eigenvalue weighted by molar-refractivity contribution is 5.81. The fourth-order valence-corrected chi connectivity index (χ4v) is 2.70. The van der Waals surface area contributed by atoms with E-state index in [-0.39, 0.29) is 0 Å². The van der Waals surface area contributed by atoms with Crippen molar-refractivity contribution in [1.82, 2.24) is 5.01 Å². The van der Waals surface area contributed by atoms with Crippen LogP contribution >= 0.6 is 0 Å². The van der Waals surface area contributed by atoms with E-state index in [0.29, 0.717) is 0 Å². The molecule has 0 spiro atoms. The van der Waals surface area contributed by atoms with Crippen molar-refractivity contribution in [2.45, 2.75) is 13.8 Å². The van der Waals surface area contributed by atoms with Crippen LogP contribution < -0.4 is 4.90 Å². The van der Waals surface area contributed by atoms with Gasteiger partial charge in [0.05, 0.1) is 19.3 Å². The molecule has 0 saturated carbocycles. The fourth-order valence-electron chi connectivity index (χ4n) is 2.70. The molecule has 3 heteroatoms. The molecule has 0 radical (unpaired) electrons. The molecule has 3 rings (SSSR count). The lowest BCUT2D eigenvalue weighted by Gasteiger charge is -2.34. The van der Waals surface area contributed by atoms with Crippen molar-refractivity contribution in [2.75, 3.05) is 31.1 Å². The van der Waals surface area contributed by atoms with Crippen molar-refractivity contribution in [3.63, 3.8) is 0 Å². The van der Waals surface area contributed by atoms with Gasteiger partial charge in [-0.15, -0.1) is 0 Å². The molecule has 0 bridgehead atoms. The number of piperazine rings is 1. The van der Waals surface area contributed by atoms with E-state index in [4.69, 9.17) is 0 Å². The van der Waals surface area contributed by atoms with Crippen LogP contribution in [-0.4, -0.2) is 37.4 Å². The van der Waals surface area contributed by atoms with Gasteiger partial charge < -0.3 is 4.90 Å². The van der Waals surface area contributed by atoms with Gasteiger partial charge in [0.1, 0.15) is 0 Å². The third kappa shape index (κ3) is 3.48. The van der Waals surface area contributed by atoms with Gasteiger partial charge in [0, 0.05) is 18.8 Å². The van der Waals surface area contributed by atoms with Crippen LogP contribution in [0.2, 0.25) is 0 Å². The molecule has 22 heavy (non-hydrogen) atoms. The molecule has 1 heterocycles. The molecule has 0 aliphatic carbocycles. The molecule has 3 nitrogen and oxygen atoms in total. The number of benzene rings is 2. The monoisotopic (exact) mass is 293 g/mol. The van der Waals surface area contributed by atoms with Crippen LogP contribution in [0.15, 0.2) is 53.6 Å². The lowest BCUT2D eigenvalue weighted by molar-refractivity contribution is 0.272. The van der Waals surface area contributed by atoms with E-state index in [0.717, 1.165) is 26.2 Å². The first-order valence-electron chi connectivity index (χ1n) is 7.88. The Kier molecular flexibility index (Phi) is 4.42. The standard InChI is InChI=1S/C19H23N3/c1-16-7-9-19(10-8-16)21-11-13-22(14-12-21)20-15-18-6-4-3-5-17(18)2/h3-10,15H,11-14H2,1-2H3. The van der Waals surface area contributed by atoms with E-state index < -0.39 is 0 Å². The summed E-state index contributed by atoms with van der Waals surface area (Å²) in [5, 5.41) is 6.80. The number of rotatable bonds is 3. The highest BCUT2D eigenvalue weighted by atomic mass is 15.5. The van der Waals surface area contributed by atoms with Crippen LogP contribution in [0, 0.1) is 13.8 Å². The quantitative estimate of drug-likeness (QED) is 0.807. The summed E-state index contributed by atoms with van der Waals surface area (Å²) in [7, 11) is 0. The first-order chi connectivity index (χ1) is 10.7. The summed E-state index contributed by atoms with van der Waals surface area (Å²) < 4.78 is 0. The second-order valence-corrected chi connectivity index (χ2v) is 5.88. The van der Waals surface area contributed by atoms with Crippen LogP contribution in [0.4, 0.5) is 5.69 Å². The molecule has 1 aliphatic heterocycles. The van der Waals surface area contributed by atoms with E-state index in [1.54, 1.807) is 0 Å². The average molecular weight is 293 g/mol. The Hall–Kier alpha value is -2.29. The number of hydrazone groups is 1.